The number of rotatable bonds is 5. The molecule has 0 unspecified atom stereocenters. The van der Waals surface area contributed by atoms with E-state index in [-0.39, 0.29) is 6.42 Å². The Kier molecular flexibility index (Phi) is 3.88. The van der Waals surface area contributed by atoms with Gasteiger partial charge in [-0.05, 0) is 20.3 Å². The molecule has 13 heavy (non-hydrogen) atoms. The smallest absolute Gasteiger partial charge is 0.314 e. The zero-order valence-electron chi connectivity index (χ0n) is 8.37. The maximum atomic E-state index is 10.7. The van der Waals surface area contributed by atoms with Crippen molar-refractivity contribution >= 4 is 5.97 Å². The topological polar surface area (TPSA) is 77.8 Å². The normalized spacial score (nSPS) is 13.0. The number of hydrogen-bond donors (Lipinski definition) is 3. The number of hydrogen-bond acceptors (Lipinski definition) is 3. The molecule has 0 bridgehead atoms. The van der Waals surface area contributed by atoms with Gasteiger partial charge in [0, 0.05) is 6.42 Å². The SMILES string of the molecule is CCCCC(O)(O)C(C)(C)C(=O)O. The van der Waals surface area contributed by atoms with Crippen molar-refractivity contribution < 1.29 is 20.1 Å². The quantitative estimate of drug-likeness (QED) is 0.564. The molecule has 0 aliphatic rings. The van der Waals surface area contributed by atoms with Crippen LogP contribution in [0.3, 0.4) is 0 Å². The lowest BCUT2D eigenvalue weighted by Gasteiger charge is -2.34. The molecule has 0 rings (SSSR count). The van der Waals surface area contributed by atoms with Crippen molar-refractivity contribution in [2.75, 3.05) is 0 Å². The first-order valence-corrected chi connectivity index (χ1v) is 4.44. The average Bonchev–Trinajstić information content (AvgIpc) is 2.00. The summed E-state index contributed by atoms with van der Waals surface area (Å²) in [5, 5.41) is 27.8. The summed E-state index contributed by atoms with van der Waals surface area (Å²) in [4.78, 5) is 10.7. The van der Waals surface area contributed by atoms with Gasteiger partial charge in [0.1, 0.15) is 5.41 Å². The minimum atomic E-state index is -2.13. The Balaban J connectivity index is 4.50. The molecule has 0 aromatic carbocycles. The monoisotopic (exact) mass is 190 g/mol. The van der Waals surface area contributed by atoms with Crippen molar-refractivity contribution in [3.8, 4) is 0 Å². The molecule has 0 spiro atoms. The van der Waals surface area contributed by atoms with Crippen LogP contribution >= 0.6 is 0 Å². The van der Waals surface area contributed by atoms with E-state index in [1.54, 1.807) is 0 Å². The van der Waals surface area contributed by atoms with Gasteiger partial charge in [-0.2, -0.15) is 0 Å². The van der Waals surface area contributed by atoms with E-state index in [4.69, 9.17) is 5.11 Å². The molecule has 0 amide bonds. The van der Waals surface area contributed by atoms with Gasteiger partial charge in [0.2, 0.25) is 0 Å². The minimum Gasteiger partial charge on any atom is -0.481 e. The van der Waals surface area contributed by atoms with Crippen LogP contribution in [0.5, 0.6) is 0 Å². The van der Waals surface area contributed by atoms with E-state index in [1.807, 2.05) is 6.92 Å². The Bertz CT molecular complexity index is 184. The predicted molar refractivity (Wildman–Crippen MR) is 48.1 cm³/mol. The van der Waals surface area contributed by atoms with Crippen molar-refractivity contribution in [1.82, 2.24) is 0 Å². The van der Waals surface area contributed by atoms with E-state index in [0.717, 1.165) is 6.42 Å². The number of carboxylic acid groups (broad SMARTS) is 1. The molecule has 0 saturated carbocycles. The predicted octanol–water partition coefficient (Wildman–Crippen LogP) is 0.968. The molecule has 4 nitrogen and oxygen atoms in total. The number of aliphatic carboxylic acids is 1. The molecule has 0 aliphatic carbocycles. The van der Waals surface area contributed by atoms with Crippen LogP contribution in [0.1, 0.15) is 40.0 Å². The molecule has 0 radical (unpaired) electrons. The number of carboxylic acids is 1. The molecule has 0 aromatic rings. The Labute approximate surface area is 78.2 Å². The Morgan fingerprint density at radius 3 is 2.08 bits per heavy atom. The molecule has 4 heteroatoms. The van der Waals surface area contributed by atoms with Gasteiger partial charge in [0.25, 0.3) is 0 Å². The minimum absolute atomic E-state index is 0.0861. The summed E-state index contributed by atoms with van der Waals surface area (Å²) in [7, 11) is 0. The molecule has 0 heterocycles. The van der Waals surface area contributed by atoms with Gasteiger partial charge in [-0.1, -0.05) is 13.3 Å². The molecule has 78 valence electrons. The standard InChI is InChI=1S/C9H18O4/c1-4-5-6-9(12,13)8(2,3)7(10)11/h12-13H,4-6H2,1-3H3,(H,10,11). The molecule has 0 saturated heterocycles. The van der Waals surface area contributed by atoms with Gasteiger partial charge in [-0.3, -0.25) is 4.79 Å². The summed E-state index contributed by atoms with van der Waals surface area (Å²) < 4.78 is 0. The fourth-order valence-corrected chi connectivity index (χ4v) is 0.907. The number of aliphatic hydroxyl groups is 2. The summed E-state index contributed by atoms with van der Waals surface area (Å²) in [6, 6.07) is 0. The number of carbonyl (C=O) groups is 1. The highest BCUT2D eigenvalue weighted by Crippen LogP contribution is 2.32. The zero-order chi connectivity index (χ0) is 10.7. The fourth-order valence-electron chi connectivity index (χ4n) is 0.907. The Hall–Kier alpha value is -0.610. The third-order valence-electron chi connectivity index (χ3n) is 2.41. The summed E-state index contributed by atoms with van der Waals surface area (Å²) in [5.41, 5.74) is -1.53. The molecule has 0 atom stereocenters. The van der Waals surface area contributed by atoms with E-state index in [2.05, 4.69) is 0 Å². The summed E-state index contributed by atoms with van der Waals surface area (Å²) in [6.45, 7) is 4.53. The van der Waals surface area contributed by atoms with E-state index in [0.29, 0.717) is 6.42 Å². The van der Waals surface area contributed by atoms with Crippen LogP contribution in [0.25, 0.3) is 0 Å². The van der Waals surface area contributed by atoms with Crippen LogP contribution in [0.4, 0.5) is 0 Å². The van der Waals surface area contributed by atoms with Crippen LogP contribution in [0.15, 0.2) is 0 Å². The third-order valence-corrected chi connectivity index (χ3v) is 2.41. The van der Waals surface area contributed by atoms with Gasteiger partial charge in [-0.25, -0.2) is 0 Å². The van der Waals surface area contributed by atoms with Gasteiger partial charge in [0.05, 0.1) is 0 Å². The van der Waals surface area contributed by atoms with Crippen LogP contribution in [0, 0.1) is 5.41 Å². The molecular formula is C9H18O4. The van der Waals surface area contributed by atoms with Crippen LogP contribution in [-0.4, -0.2) is 27.1 Å². The third kappa shape index (κ3) is 2.67. The van der Waals surface area contributed by atoms with Gasteiger partial charge < -0.3 is 15.3 Å². The van der Waals surface area contributed by atoms with Crippen molar-refractivity contribution in [3.63, 3.8) is 0 Å². The largest absolute Gasteiger partial charge is 0.481 e. The lowest BCUT2D eigenvalue weighted by Crippen LogP contribution is -2.49. The molecular weight excluding hydrogens is 172 g/mol. The van der Waals surface area contributed by atoms with Crippen molar-refractivity contribution in [3.05, 3.63) is 0 Å². The van der Waals surface area contributed by atoms with Gasteiger partial charge in [-0.15, -0.1) is 0 Å². The van der Waals surface area contributed by atoms with E-state index >= 15 is 0 Å². The highest BCUT2D eigenvalue weighted by molar-refractivity contribution is 5.74. The van der Waals surface area contributed by atoms with Crippen molar-refractivity contribution in [2.45, 2.75) is 45.8 Å². The lowest BCUT2D eigenvalue weighted by atomic mass is 9.80. The van der Waals surface area contributed by atoms with Gasteiger partial charge >= 0.3 is 5.97 Å². The zero-order valence-corrected chi connectivity index (χ0v) is 8.37. The van der Waals surface area contributed by atoms with Crippen molar-refractivity contribution in [2.24, 2.45) is 5.41 Å². The van der Waals surface area contributed by atoms with Gasteiger partial charge in [0.15, 0.2) is 5.79 Å². The second-order valence-electron chi connectivity index (χ2n) is 3.85. The summed E-state index contributed by atoms with van der Waals surface area (Å²) in [6.07, 6.45) is 1.49. The summed E-state index contributed by atoms with van der Waals surface area (Å²) in [5.74, 6) is -3.33. The highest BCUT2D eigenvalue weighted by Gasteiger charge is 2.47. The van der Waals surface area contributed by atoms with E-state index < -0.39 is 17.2 Å². The fraction of sp³-hybridized carbons (Fsp3) is 0.889. The van der Waals surface area contributed by atoms with Crippen LogP contribution < -0.4 is 0 Å². The first kappa shape index (κ1) is 12.4. The molecule has 0 fully saturated rings. The molecule has 0 aliphatic heterocycles. The Morgan fingerprint density at radius 1 is 1.31 bits per heavy atom. The highest BCUT2D eigenvalue weighted by atomic mass is 16.5. The van der Waals surface area contributed by atoms with Crippen LogP contribution in [-0.2, 0) is 4.79 Å². The lowest BCUT2D eigenvalue weighted by molar-refractivity contribution is -0.241. The first-order chi connectivity index (χ1) is 5.75. The average molecular weight is 190 g/mol. The second kappa shape index (κ2) is 4.07. The number of unbranched alkanes of at least 4 members (excludes halogenated alkanes) is 1. The maximum absolute atomic E-state index is 10.7. The van der Waals surface area contributed by atoms with E-state index in [1.165, 1.54) is 13.8 Å². The van der Waals surface area contributed by atoms with Crippen LogP contribution in [0.2, 0.25) is 0 Å². The maximum Gasteiger partial charge on any atom is 0.314 e. The summed E-state index contributed by atoms with van der Waals surface area (Å²) >= 11 is 0. The Morgan fingerprint density at radius 2 is 1.77 bits per heavy atom. The van der Waals surface area contributed by atoms with E-state index in [9.17, 15) is 15.0 Å². The molecule has 3 N–H and O–H groups in total. The molecule has 0 aromatic heterocycles. The van der Waals surface area contributed by atoms with Crippen molar-refractivity contribution in [1.29, 1.82) is 0 Å². The second-order valence-corrected chi connectivity index (χ2v) is 3.85. The first-order valence-electron chi connectivity index (χ1n) is 4.44.